The van der Waals surface area contributed by atoms with Crippen molar-refractivity contribution >= 4 is 11.7 Å². The molecule has 1 rings (SSSR count). The van der Waals surface area contributed by atoms with Crippen LogP contribution in [0.4, 0.5) is 10.1 Å². The molecule has 0 aromatic heterocycles. The summed E-state index contributed by atoms with van der Waals surface area (Å²) in [5, 5.41) is 11.5. The lowest BCUT2D eigenvalue weighted by Gasteiger charge is -2.10. The van der Waals surface area contributed by atoms with E-state index in [1.807, 2.05) is 13.0 Å². The molecule has 0 atom stereocenters. The summed E-state index contributed by atoms with van der Waals surface area (Å²) in [6, 6.07) is 4.97. The predicted octanol–water partition coefficient (Wildman–Crippen LogP) is 3.19. The van der Waals surface area contributed by atoms with Crippen LogP contribution in [0.15, 0.2) is 18.2 Å². The van der Waals surface area contributed by atoms with Crippen LogP contribution in [0.5, 0.6) is 0 Å². The van der Waals surface area contributed by atoms with Crippen molar-refractivity contribution in [3.8, 4) is 0 Å². The number of anilines is 1. The SMILES string of the molecule is Cc1cccc(F)c1NCCCCCC(=O)O. The Morgan fingerprint density at radius 3 is 2.76 bits per heavy atom. The largest absolute Gasteiger partial charge is 0.481 e. The van der Waals surface area contributed by atoms with Gasteiger partial charge in [-0.2, -0.15) is 0 Å². The Balaban J connectivity index is 2.24. The first-order chi connectivity index (χ1) is 8.11. The number of rotatable bonds is 7. The highest BCUT2D eigenvalue weighted by molar-refractivity contribution is 5.66. The molecule has 3 nitrogen and oxygen atoms in total. The van der Waals surface area contributed by atoms with Crippen molar-refractivity contribution in [1.29, 1.82) is 0 Å². The molecule has 94 valence electrons. The topological polar surface area (TPSA) is 49.3 Å². The second-order valence-corrected chi connectivity index (χ2v) is 4.06. The number of unbranched alkanes of at least 4 members (excludes halogenated alkanes) is 2. The molecule has 2 N–H and O–H groups in total. The molecule has 4 heteroatoms. The first kappa shape index (κ1) is 13.5. The van der Waals surface area contributed by atoms with Gasteiger partial charge in [0.15, 0.2) is 0 Å². The molecule has 0 unspecified atom stereocenters. The highest BCUT2D eigenvalue weighted by atomic mass is 19.1. The van der Waals surface area contributed by atoms with Crippen molar-refractivity contribution in [3.05, 3.63) is 29.6 Å². The molecule has 0 fully saturated rings. The third-order valence-corrected chi connectivity index (χ3v) is 2.59. The van der Waals surface area contributed by atoms with E-state index in [9.17, 15) is 9.18 Å². The minimum absolute atomic E-state index is 0.207. The molecule has 0 radical (unpaired) electrons. The van der Waals surface area contributed by atoms with E-state index >= 15 is 0 Å². The van der Waals surface area contributed by atoms with E-state index in [0.29, 0.717) is 18.7 Å². The van der Waals surface area contributed by atoms with Gasteiger partial charge < -0.3 is 10.4 Å². The first-order valence-electron chi connectivity index (χ1n) is 5.82. The Morgan fingerprint density at radius 2 is 2.12 bits per heavy atom. The van der Waals surface area contributed by atoms with Crippen molar-refractivity contribution in [2.75, 3.05) is 11.9 Å². The van der Waals surface area contributed by atoms with E-state index in [0.717, 1.165) is 18.4 Å². The maximum atomic E-state index is 13.4. The van der Waals surface area contributed by atoms with Gasteiger partial charge in [0.1, 0.15) is 5.82 Å². The standard InChI is InChI=1S/C13H18FNO2/c1-10-6-5-7-11(14)13(10)15-9-4-2-3-8-12(16)17/h5-7,15H,2-4,8-9H2,1H3,(H,16,17). The molecular formula is C13H18FNO2. The van der Waals surface area contributed by atoms with E-state index in [-0.39, 0.29) is 12.2 Å². The number of carboxylic acids is 1. The molecule has 0 bridgehead atoms. The second-order valence-electron chi connectivity index (χ2n) is 4.06. The fourth-order valence-corrected chi connectivity index (χ4v) is 1.65. The average molecular weight is 239 g/mol. The van der Waals surface area contributed by atoms with Crippen LogP contribution in [0.25, 0.3) is 0 Å². The summed E-state index contributed by atoms with van der Waals surface area (Å²) in [6.45, 7) is 2.53. The molecule has 0 heterocycles. The Hall–Kier alpha value is -1.58. The van der Waals surface area contributed by atoms with E-state index in [2.05, 4.69) is 5.32 Å². The molecule has 0 saturated carbocycles. The molecule has 0 aliphatic carbocycles. The van der Waals surface area contributed by atoms with Gasteiger partial charge in [0.05, 0.1) is 5.69 Å². The molecular weight excluding hydrogens is 221 g/mol. The van der Waals surface area contributed by atoms with Crippen molar-refractivity contribution in [2.45, 2.75) is 32.6 Å². The number of carboxylic acid groups (broad SMARTS) is 1. The van der Waals surface area contributed by atoms with Crippen molar-refractivity contribution in [2.24, 2.45) is 0 Å². The van der Waals surface area contributed by atoms with Gasteiger partial charge in [-0.25, -0.2) is 4.39 Å². The van der Waals surface area contributed by atoms with Crippen LogP contribution in [0.1, 0.15) is 31.2 Å². The fourth-order valence-electron chi connectivity index (χ4n) is 1.65. The number of hydrogen-bond acceptors (Lipinski definition) is 2. The van der Waals surface area contributed by atoms with Gasteiger partial charge in [-0.3, -0.25) is 4.79 Å². The number of carbonyl (C=O) groups is 1. The third kappa shape index (κ3) is 4.85. The molecule has 0 amide bonds. The molecule has 0 spiro atoms. The van der Waals surface area contributed by atoms with Crippen molar-refractivity contribution < 1.29 is 14.3 Å². The molecule has 17 heavy (non-hydrogen) atoms. The lowest BCUT2D eigenvalue weighted by molar-refractivity contribution is -0.137. The number of nitrogens with one attached hydrogen (secondary N) is 1. The van der Waals surface area contributed by atoms with Crippen molar-refractivity contribution in [1.82, 2.24) is 0 Å². The number of benzene rings is 1. The Kier molecular flexibility index (Phi) is 5.46. The highest BCUT2D eigenvalue weighted by Crippen LogP contribution is 2.18. The van der Waals surface area contributed by atoms with Gasteiger partial charge in [0, 0.05) is 13.0 Å². The summed E-state index contributed by atoms with van der Waals surface area (Å²) in [4.78, 5) is 10.3. The number of halogens is 1. The zero-order chi connectivity index (χ0) is 12.7. The number of aliphatic carboxylic acids is 1. The summed E-state index contributed by atoms with van der Waals surface area (Å²) in [5.41, 5.74) is 1.43. The number of hydrogen-bond donors (Lipinski definition) is 2. The van der Waals surface area contributed by atoms with Gasteiger partial charge in [-0.15, -0.1) is 0 Å². The van der Waals surface area contributed by atoms with Gasteiger partial charge in [-0.1, -0.05) is 18.6 Å². The lowest BCUT2D eigenvalue weighted by Crippen LogP contribution is -2.05. The van der Waals surface area contributed by atoms with Crippen LogP contribution in [-0.2, 0) is 4.79 Å². The fraction of sp³-hybridized carbons (Fsp3) is 0.462. The molecule has 0 saturated heterocycles. The molecule has 1 aromatic carbocycles. The van der Waals surface area contributed by atoms with Gasteiger partial charge in [-0.05, 0) is 31.4 Å². The van der Waals surface area contributed by atoms with E-state index < -0.39 is 5.97 Å². The smallest absolute Gasteiger partial charge is 0.303 e. The van der Waals surface area contributed by atoms with Crippen molar-refractivity contribution in [3.63, 3.8) is 0 Å². The van der Waals surface area contributed by atoms with Crippen LogP contribution < -0.4 is 5.32 Å². The zero-order valence-electron chi connectivity index (χ0n) is 10.0. The maximum absolute atomic E-state index is 13.4. The minimum Gasteiger partial charge on any atom is -0.481 e. The predicted molar refractivity (Wildman–Crippen MR) is 65.7 cm³/mol. The van der Waals surface area contributed by atoms with Crippen LogP contribution >= 0.6 is 0 Å². The molecule has 1 aromatic rings. The van der Waals surface area contributed by atoms with E-state index in [4.69, 9.17) is 5.11 Å². The van der Waals surface area contributed by atoms with Crippen LogP contribution in [0.3, 0.4) is 0 Å². The highest BCUT2D eigenvalue weighted by Gasteiger charge is 2.03. The summed E-state index contributed by atoms with van der Waals surface area (Å²) < 4.78 is 13.4. The maximum Gasteiger partial charge on any atom is 0.303 e. The Bertz CT molecular complexity index is 359. The Morgan fingerprint density at radius 1 is 1.35 bits per heavy atom. The summed E-state index contributed by atoms with van der Waals surface area (Å²) >= 11 is 0. The minimum atomic E-state index is -0.761. The summed E-state index contributed by atoms with van der Waals surface area (Å²) in [6.07, 6.45) is 2.57. The molecule has 0 aliphatic heterocycles. The molecule has 0 aliphatic rings. The lowest BCUT2D eigenvalue weighted by atomic mass is 10.1. The van der Waals surface area contributed by atoms with Gasteiger partial charge >= 0.3 is 5.97 Å². The zero-order valence-corrected chi connectivity index (χ0v) is 10.0. The monoisotopic (exact) mass is 239 g/mol. The number of para-hydroxylation sites is 1. The van der Waals surface area contributed by atoms with E-state index in [1.165, 1.54) is 6.07 Å². The van der Waals surface area contributed by atoms with Crippen LogP contribution in [0, 0.1) is 12.7 Å². The number of aryl methyl sites for hydroxylation is 1. The van der Waals surface area contributed by atoms with Gasteiger partial charge in [0.25, 0.3) is 0 Å². The van der Waals surface area contributed by atoms with Gasteiger partial charge in [0.2, 0.25) is 0 Å². The second kappa shape index (κ2) is 6.89. The Labute approximate surface area is 101 Å². The summed E-state index contributed by atoms with van der Waals surface area (Å²) in [7, 11) is 0. The third-order valence-electron chi connectivity index (χ3n) is 2.59. The van der Waals surface area contributed by atoms with Crippen LogP contribution in [-0.4, -0.2) is 17.6 Å². The quantitative estimate of drug-likeness (QED) is 0.718. The average Bonchev–Trinajstić information content (AvgIpc) is 2.26. The normalized spacial score (nSPS) is 10.2. The van der Waals surface area contributed by atoms with E-state index in [1.54, 1.807) is 6.07 Å². The summed E-state index contributed by atoms with van der Waals surface area (Å²) in [5.74, 6) is -1.00. The first-order valence-corrected chi connectivity index (χ1v) is 5.82. The van der Waals surface area contributed by atoms with Crippen LogP contribution in [0.2, 0.25) is 0 Å².